The van der Waals surface area contributed by atoms with Crippen molar-refractivity contribution in [3.05, 3.63) is 0 Å². The van der Waals surface area contributed by atoms with Gasteiger partial charge in [-0.1, -0.05) is 0 Å². The monoisotopic (exact) mass is 172 g/mol. The van der Waals surface area contributed by atoms with Crippen LogP contribution in [0.1, 0.15) is 12.8 Å². The van der Waals surface area contributed by atoms with Gasteiger partial charge in [0, 0.05) is 24.9 Å². The van der Waals surface area contributed by atoms with Crippen LogP contribution < -0.4 is 0 Å². The molecule has 1 saturated carbocycles. The molecule has 1 aliphatic carbocycles. The predicted octanol–water partition coefficient (Wildman–Crippen LogP) is -0.709. The molecule has 0 radical (unpaired) electrons. The summed E-state index contributed by atoms with van der Waals surface area (Å²) in [6, 6.07) is 0. The number of rotatable bonds is 1. The number of carbonyl (C=O) groups is 1. The fourth-order valence-electron chi connectivity index (χ4n) is 2.23. The maximum absolute atomic E-state index is 10.8. The normalized spacial score (nSPS) is 46.0. The van der Waals surface area contributed by atoms with Gasteiger partial charge in [0.2, 0.25) is 0 Å². The Morgan fingerprint density at radius 3 is 3.00 bits per heavy atom. The second-order valence-corrected chi connectivity index (χ2v) is 3.55. The summed E-state index contributed by atoms with van der Waals surface area (Å²) in [7, 11) is 0. The Morgan fingerprint density at radius 2 is 2.33 bits per heavy atom. The van der Waals surface area contributed by atoms with E-state index in [9.17, 15) is 9.90 Å². The van der Waals surface area contributed by atoms with Crippen molar-refractivity contribution in [2.45, 2.75) is 25.0 Å². The molecule has 12 heavy (non-hydrogen) atoms. The van der Waals surface area contributed by atoms with Crippen LogP contribution in [0.25, 0.3) is 0 Å². The zero-order chi connectivity index (χ0) is 8.72. The first kappa shape index (κ1) is 8.01. The second-order valence-electron chi connectivity index (χ2n) is 3.55. The molecule has 4 heteroatoms. The highest BCUT2D eigenvalue weighted by Crippen LogP contribution is 2.40. The number of fused-ring (bicyclic) bond motifs is 1. The lowest BCUT2D eigenvalue weighted by Crippen LogP contribution is -2.23. The zero-order valence-corrected chi connectivity index (χ0v) is 6.64. The molecule has 1 saturated heterocycles. The average molecular weight is 172 g/mol. The summed E-state index contributed by atoms with van der Waals surface area (Å²) < 4.78 is 4.98. The van der Waals surface area contributed by atoms with Gasteiger partial charge in [0.1, 0.15) is 6.10 Å². The molecule has 0 aromatic carbocycles. The summed E-state index contributed by atoms with van der Waals surface area (Å²) in [5.74, 6) is -0.325. The number of aliphatic hydroxyl groups is 2. The van der Waals surface area contributed by atoms with Crippen molar-refractivity contribution < 1.29 is 19.7 Å². The van der Waals surface area contributed by atoms with E-state index < -0.39 is 6.10 Å². The maximum atomic E-state index is 10.8. The number of ether oxygens (including phenoxy) is 1. The van der Waals surface area contributed by atoms with Gasteiger partial charge in [0.25, 0.3) is 0 Å². The molecule has 2 fully saturated rings. The van der Waals surface area contributed by atoms with E-state index in [-0.39, 0.29) is 30.5 Å². The van der Waals surface area contributed by atoms with E-state index >= 15 is 0 Å². The summed E-state index contributed by atoms with van der Waals surface area (Å²) in [6.45, 7) is -0.0566. The van der Waals surface area contributed by atoms with Crippen LogP contribution in [0.2, 0.25) is 0 Å². The van der Waals surface area contributed by atoms with Gasteiger partial charge in [-0.2, -0.15) is 0 Å². The molecule has 0 aromatic rings. The van der Waals surface area contributed by atoms with E-state index in [1.165, 1.54) is 0 Å². The molecule has 0 amide bonds. The average Bonchev–Trinajstić information content (AvgIpc) is 2.43. The summed E-state index contributed by atoms with van der Waals surface area (Å²) in [4.78, 5) is 10.8. The minimum absolute atomic E-state index is 0.0394. The quantitative estimate of drug-likeness (QED) is 0.513. The van der Waals surface area contributed by atoms with Crippen LogP contribution in [0.3, 0.4) is 0 Å². The Bertz CT molecular complexity index is 203. The third-order valence-corrected chi connectivity index (χ3v) is 2.89. The van der Waals surface area contributed by atoms with Gasteiger partial charge in [-0.15, -0.1) is 0 Å². The summed E-state index contributed by atoms with van der Waals surface area (Å²) in [5.41, 5.74) is 0. The molecule has 1 heterocycles. The molecular formula is C8H12O4. The summed E-state index contributed by atoms with van der Waals surface area (Å²) >= 11 is 0. The largest absolute Gasteiger partial charge is 0.462 e. The van der Waals surface area contributed by atoms with Crippen molar-refractivity contribution in [2.24, 2.45) is 11.8 Å². The molecule has 68 valence electrons. The lowest BCUT2D eigenvalue weighted by atomic mass is 9.93. The zero-order valence-electron chi connectivity index (χ0n) is 6.64. The van der Waals surface area contributed by atoms with Crippen LogP contribution >= 0.6 is 0 Å². The highest BCUT2D eigenvalue weighted by Gasteiger charge is 2.49. The van der Waals surface area contributed by atoms with E-state index in [4.69, 9.17) is 9.84 Å². The van der Waals surface area contributed by atoms with Crippen LogP contribution in [-0.4, -0.2) is 35.0 Å². The van der Waals surface area contributed by atoms with E-state index in [2.05, 4.69) is 0 Å². The Balaban J connectivity index is 2.11. The van der Waals surface area contributed by atoms with E-state index in [0.717, 1.165) is 0 Å². The van der Waals surface area contributed by atoms with Gasteiger partial charge in [0.15, 0.2) is 0 Å². The van der Waals surface area contributed by atoms with Crippen molar-refractivity contribution in [3.8, 4) is 0 Å². The van der Waals surface area contributed by atoms with Crippen LogP contribution in [0.4, 0.5) is 0 Å². The van der Waals surface area contributed by atoms with Crippen molar-refractivity contribution in [1.29, 1.82) is 0 Å². The van der Waals surface area contributed by atoms with Crippen LogP contribution in [-0.2, 0) is 9.53 Å². The first-order chi connectivity index (χ1) is 5.72. The number of hydrogen-bond donors (Lipinski definition) is 2. The minimum Gasteiger partial charge on any atom is -0.462 e. The van der Waals surface area contributed by atoms with Crippen LogP contribution in [0.15, 0.2) is 0 Å². The number of esters is 1. The SMILES string of the molecule is O=C1C[C@@H]2[C@@H](CO)[C@@H](O)C[C@H]2O1. The molecule has 0 spiro atoms. The van der Waals surface area contributed by atoms with E-state index in [0.29, 0.717) is 12.8 Å². The molecule has 4 atom stereocenters. The molecule has 0 aromatic heterocycles. The predicted molar refractivity (Wildman–Crippen MR) is 39.2 cm³/mol. The number of aliphatic hydroxyl groups excluding tert-OH is 2. The summed E-state index contributed by atoms with van der Waals surface area (Å²) in [6.07, 6.45) is 0.192. The van der Waals surface area contributed by atoms with Gasteiger partial charge in [-0.05, 0) is 0 Å². The Morgan fingerprint density at radius 1 is 1.58 bits per heavy atom. The molecular weight excluding hydrogens is 160 g/mol. The van der Waals surface area contributed by atoms with Gasteiger partial charge in [0.05, 0.1) is 12.5 Å². The fraction of sp³-hybridized carbons (Fsp3) is 0.875. The highest BCUT2D eigenvalue weighted by molar-refractivity contribution is 5.72. The lowest BCUT2D eigenvalue weighted by Gasteiger charge is -2.14. The van der Waals surface area contributed by atoms with Crippen molar-refractivity contribution in [1.82, 2.24) is 0 Å². The molecule has 1 aliphatic heterocycles. The smallest absolute Gasteiger partial charge is 0.306 e. The fourth-order valence-corrected chi connectivity index (χ4v) is 2.23. The molecule has 2 aliphatic rings. The van der Waals surface area contributed by atoms with Crippen molar-refractivity contribution >= 4 is 5.97 Å². The van der Waals surface area contributed by atoms with E-state index in [1.54, 1.807) is 0 Å². The van der Waals surface area contributed by atoms with Crippen LogP contribution in [0, 0.1) is 11.8 Å². The Kier molecular flexibility index (Phi) is 1.81. The Labute approximate surface area is 70.1 Å². The second kappa shape index (κ2) is 2.71. The van der Waals surface area contributed by atoms with Gasteiger partial charge in [-0.3, -0.25) is 4.79 Å². The molecule has 2 rings (SSSR count). The first-order valence-corrected chi connectivity index (χ1v) is 4.20. The van der Waals surface area contributed by atoms with Gasteiger partial charge >= 0.3 is 5.97 Å². The lowest BCUT2D eigenvalue weighted by molar-refractivity contribution is -0.141. The maximum Gasteiger partial charge on any atom is 0.306 e. The molecule has 0 bridgehead atoms. The summed E-state index contributed by atoms with van der Waals surface area (Å²) in [5, 5.41) is 18.4. The first-order valence-electron chi connectivity index (χ1n) is 4.20. The third-order valence-electron chi connectivity index (χ3n) is 2.89. The number of carbonyl (C=O) groups excluding carboxylic acids is 1. The Hall–Kier alpha value is -0.610. The van der Waals surface area contributed by atoms with Crippen LogP contribution in [0.5, 0.6) is 0 Å². The van der Waals surface area contributed by atoms with Gasteiger partial charge in [-0.25, -0.2) is 0 Å². The van der Waals surface area contributed by atoms with Crippen molar-refractivity contribution in [2.75, 3.05) is 6.61 Å². The topological polar surface area (TPSA) is 66.8 Å². The van der Waals surface area contributed by atoms with Gasteiger partial charge < -0.3 is 14.9 Å². The molecule has 2 N–H and O–H groups in total. The third kappa shape index (κ3) is 1.03. The highest BCUT2D eigenvalue weighted by atomic mass is 16.6. The van der Waals surface area contributed by atoms with E-state index in [1.807, 2.05) is 0 Å². The van der Waals surface area contributed by atoms with Crippen molar-refractivity contribution in [3.63, 3.8) is 0 Å². The standard InChI is InChI=1S/C8H12O4/c9-3-5-4-1-8(11)12-7(4)2-6(5)10/h4-7,9-10H,1-3H2/t4-,5-,6+,7-/m1/s1. The molecule has 4 nitrogen and oxygen atoms in total. The minimum atomic E-state index is -0.502. The number of hydrogen-bond acceptors (Lipinski definition) is 4. The molecule has 0 unspecified atom stereocenters.